The lowest BCUT2D eigenvalue weighted by Gasteiger charge is -2.46. The number of β-lactam (4-membered cyclic amide) rings is 1. The van der Waals surface area contributed by atoms with E-state index in [2.05, 4.69) is 24.9 Å². The zero-order valence-electron chi connectivity index (χ0n) is 16.1. The number of aliphatic hydroxyl groups excluding tert-OH is 1. The topological polar surface area (TPSA) is 94.0 Å². The number of thioether (sulfide) groups is 1. The summed E-state index contributed by atoms with van der Waals surface area (Å²) in [5.41, 5.74) is 2.15. The van der Waals surface area contributed by atoms with Gasteiger partial charge in [-0.15, -0.1) is 11.3 Å². The maximum atomic E-state index is 12.4. The summed E-state index contributed by atoms with van der Waals surface area (Å²) in [6.45, 7) is 6.53. The quantitative estimate of drug-likeness (QED) is 0.703. The van der Waals surface area contributed by atoms with Crippen LogP contribution in [0.3, 0.4) is 0 Å². The number of aliphatic carboxylic acids is 1. The Morgan fingerprint density at radius 3 is 2.71 bits per heavy atom. The van der Waals surface area contributed by atoms with Gasteiger partial charge in [0.15, 0.2) is 4.34 Å². The third-order valence-corrected chi connectivity index (χ3v) is 8.22. The smallest absolute Gasteiger partial charge is 0.353 e. The molecule has 0 aliphatic carbocycles. The molecule has 150 valence electrons. The number of thiazole rings is 1. The molecule has 0 saturated carbocycles. The van der Waals surface area contributed by atoms with Crippen LogP contribution in [0.25, 0.3) is 5.57 Å². The zero-order chi connectivity index (χ0) is 20.3. The van der Waals surface area contributed by atoms with Gasteiger partial charge in [0, 0.05) is 28.8 Å². The van der Waals surface area contributed by atoms with E-state index in [0.29, 0.717) is 10.9 Å². The van der Waals surface area contributed by atoms with Gasteiger partial charge in [-0.3, -0.25) is 9.69 Å². The fraction of sp³-hybridized carbons (Fsp3) is 0.526. The number of hydrogen-bond donors (Lipinski definition) is 2. The number of hydrogen-bond acceptors (Lipinski definition) is 7. The van der Waals surface area contributed by atoms with Crippen LogP contribution < -0.4 is 0 Å². The van der Waals surface area contributed by atoms with Crippen molar-refractivity contribution in [3.8, 4) is 0 Å². The van der Waals surface area contributed by atoms with Crippen molar-refractivity contribution in [3.05, 3.63) is 27.8 Å². The molecule has 1 aromatic heterocycles. The summed E-state index contributed by atoms with van der Waals surface area (Å²) in [5, 5.41) is 21.7. The average molecular weight is 422 g/mol. The third kappa shape index (κ3) is 2.83. The number of rotatable bonds is 5. The lowest BCUT2D eigenvalue weighted by molar-refractivity contribution is -0.163. The molecule has 7 nitrogen and oxygen atoms in total. The molecule has 2 N–H and O–H groups in total. The van der Waals surface area contributed by atoms with Crippen LogP contribution in [0.4, 0.5) is 0 Å². The maximum Gasteiger partial charge on any atom is 0.353 e. The standard InChI is InChI=1S/C19H23N3O4S2/c1-8-14-13(10(3)23)17(24)22(14)15(18(25)26)16(8)28-19-20-12(7-27-19)11-5-6-21(4)9(11)2/h5,7-10,13-14,23H,6H2,1-4H3,(H,25,26)/t8-,9-,10-,13-,14-/m1/s1. The first-order chi connectivity index (χ1) is 13.2. The van der Waals surface area contributed by atoms with E-state index in [1.807, 2.05) is 12.3 Å². The first-order valence-corrected chi connectivity index (χ1v) is 10.9. The Morgan fingerprint density at radius 2 is 2.14 bits per heavy atom. The first-order valence-electron chi connectivity index (χ1n) is 9.25. The van der Waals surface area contributed by atoms with Gasteiger partial charge in [-0.05, 0) is 26.5 Å². The number of aromatic nitrogens is 1. The van der Waals surface area contributed by atoms with E-state index in [-0.39, 0.29) is 23.6 Å². The SMILES string of the molecule is C[C@@H]1C(c2csc(SC3=C(C(=O)O)N4C(=O)[C@H]([C@@H](C)O)[C@H]4[C@H]3C)n2)=CCN1C. The molecule has 1 fully saturated rings. The summed E-state index contributed by atoms with van der Waals surface area (Å²) in [5.74, 6) is -2.13. The molecule has 4 rings (SSSR count). The number of amides is 1. The van der Waals surface area contributed by atoms with Crippen LogP contribution in [0.15, 0.2) is 26.4 Å². The predicted octanol–water partition coefficient (Wildman–Crippen LogP) is 2.11. The van der Waals surface area contributed by atoms with Gasteiger partial charge in [0.1, 0.15) is 5.70 Å². The molecular formula is C19H23N3O4S2. The monoisotopic (exact) mass is 421 g/mol. The van der Waals surface area contributed by atoms with E-state index in [0.717, 1.165) is 16.6 Å². The maximum absolute atomic E-state index is 12.4. The molecule has 4 heterocycles. The predicted molar refractivity (Wildman–Crippen MR) is 108 cm³/mol. The second-order valence-corrected chi connectivity index (χ2v) is 9.79. The van der Waals surface area contributed by atoms with Crippen LogP contribution in [0.5, 0.6) is 0 Å². The first kappa shape index (κ1) is 19.6. The van der Waals surface area contributed by atoms with Crippen molar-refractivity contribution >= 4 is 40.5 Å². The highest BCUT2D eigenvalue weighted by Gasteiger charge is 2.60. The molecular weight excluding hydrogens is 398 g/mol. The van der Waals surface area contributed by atoms with Crippen LogP contribution in [0.1, 0.15) is 26.5 Å². The van der Waals surface area contributed by atoms with E-state index in [9.17, 15) is 19.8 Å². The molecule has 0 aromatic carbocycles. The number of nitrogens with zero attached hydrogens (tertiary/aromatic N) is 3. The lowest BCUT2D eigenvalue weighted by Crippen LogP contribution is -2.63. The van der Waals surface area contributed by atoms with Crippen LogP contribution in [0.2, 0.25) is 0 Å². The summed E-state index contributed by atoms with van der Waals surface area (Å²) in [6, 6.07) is -0.00253. The second kappa shape index (κ2) is 6.98. The number of carboxylic acid groups (broad SMARTS) is 1. The highest BCUT2D eigenvalue weighted by Crippen LogP contribution is 2.52. The number of aliphatic hydroxyl groups is 1. The van der Waals surface area contributed by atoms with E-state index < -0.39 is 18.0 Å². The van der Waals surface area contributed by atoms with Crippen molar-refractivity contribution in [1.82, 2.24) is 14.8 Å². The van der Waals surface area contributed by atoms with E-state index in [4.69, 9.17) is 4.98 Å². The minimum atomic E-state index is -1.11. The summed E-state index contributed by atoms with van der Waals surface area (Å²) in [4.78, 5) is 33.3. The normalized spacial score (nSPS) is 31.1. The Bertz CT molecular complexity index is 907. The number of carbonyl (C=O) groups is 2. The third-order valence-electron chi connectivity index (χ3n) is 6.00. The van der Waals surface area contributed by atoms with Gasteiger partial charge in [-0.25, -0.2) is 9.78 Å². The minimum absolute atomic E-state index is 0.0364. The highest BCUT2D eigenvalue weighted by molar-refractivity contribution is 8.04. The molecule has 0 radical (unpaired) electrons. The number of fused-ring (bicyclic) bond motifs is 1. The summed E-state index contributed by atoms with van der Waals surface area (Å²) in [7, 11) is 2.07. The van der Waals surface area contributed by atoms with Gasteiger partial charge in [-0.1, -0.05) is 24.8 Å². The van der Waals surface area contributed by atoms with Gasteiger partial charge in [0.2, 0.25) is 5.91 Å². The average Bonchev–Trinajstić information content (AvgIpc) is 3.27. The summed E-state index contributed by atoms with van der Waals surface area (Å²) in [6.07, 6.45) is 1.38. The van der Waals surface area contributed by atoms with Crippen LogP contribution in [0, 0.1) is 11.8 Å². The van der Waals surface area contributed by atoms with Crippen molar-refractivity contribution in [2.75, 3.05) is 13.6 Å². The highest BCUT2D eigenvalue weighted by atomic mass is 32.2. The van der Waals surface area contributed by atoms with E-state index >= 15 is 0 Å². The molecule has 1 saturated heterocycles. The lowest BCUT2D eigenvalue weighted by atomic mass is 9.79. The fourth-order valence-electron chi connectivity index (χ4n) is 4.31. The Balaban J connectivity index is 1.61. The molecule has 0 unspecified atom stereocenters. The molecule has 3 aliphatic rings. The molecule has 9 heteroatoms. The summed E-state index contributed by atoms with van der Waals surface area (Å²) >= 11 is 2.82. The number of carboxylic acids is 1. The molecule has 0 spiro atoms. The van der Waals surface area contributed by atoms with Crippen molar-refractivity contribution in [1.29, 1.82) is 0 Å². The van der Waals surface area contributed by atoms with Crippen molar-refractivity contribution in [2.45, 2.75) is 43.3 Å². The zero-order valence-corrected chi connectivity index (χ0v) is 17.8. The van der Waals surface area contributed by atoms with Crippen LogP contribution >= 0.6 is 23.1 Å². The van der Waals surface area contributed by atoms with Gasteiger partial charge < -0.3 is 15.1 Å². The van der Waals surface area contributed by atoms with Crippen molar-refractivity contribution in [3.63, 3.8) is 0 Å². The molecule has 1 aromatic rings. The van der Waals surface area contributed by atoms with Gasteiger partial charge in [-0.2, -0.15) is 0 Å². The van der Waals surface area contributed by atoms with Crippen molar-refractivity contribution < 1.29 is 19.8 Å². The van der Waals surface area contributed by atoms with E-state index in [1.54, 1.807) is 6.92 Å². The molecule has 3 aliphatic heterocycles. The molecule has 0 bridgehead atoms. The summed E-state index contributed by atoms with van der Waals surface area (Å²) < 4.78 is 0.766. The molecule has 5 atom stereocenters. The largest absolute Gasteiger partial charge is 0.477 e. The Morgan fingerprint density at radius 1 is 1.43 bits per heavy atom. The Labute approximate surface area is 171 Å². The Kier molecular flexibility index (Phi) is 4.89. The Hall–Kier alpha value is -1.68. The number of carbonyl (C=O) groups excluding carboxylic acids is 1. The molecule has 1 amide bonds. The van der Waals surface area contributed by atoms with Crippen molar-refractivity contribution in [2.24, 2.45) is 11.8 Å². The van der Waals surface area contributed by atoms with E-state index in [1.165, 1.54) is 33.6 Å². The van der Waals surface area contributed by atoms with Crippen LogP contribution in [-0.2, 0) is 9.59 Å². The van der Waals surface area contributed by atoms with Gasteiger partial charge in [0.05, 0.1) is 23.8 Å². The number of likely N-dealkylation sites (N-methyl/N-ethyl adjacent to an activating group) is 1. The van der Waals surface area contributed by atoms with Gasteiger partial charge in [0.25, 0.3) is 0 Å². The van der Waals surface area contributed by atoms with Gasteiger partial charge >= 0.3 is 5.97 Å². The fourth-order valence-corrected chi connectivity index (χ4v) is 6.41. The minimum Gasteiger partial charge on any atom is -0.477 e. The molecule has 28 heavy (non-hydrogen) atoms. The second-order valence-electron chi connectivity index (χ2n) is 7.65. The van der Waals surface area contributed by atoms with Crippen LogP contribution in [-0.4, -0.2) is 68.7 Å².